The number of benzene rings is 1. The molecular weight excluding hydrogens is 331 g/mol. The number of halogens is 2. The molecule has 1 aromatic rings. The molecule has 0 saturated carbocycles. The molecular formula is C13H16BrFN2O3. The molecule has 0 saturated heterocycles. The quantitative estimate of drug-likeness (QED) is 0.738. The monoisotopic (exact) mass is 346 g/mol. The number of hydrogen-bond donors (Lipinski definition) is 3. The van der Waals surface area contributed by atoms with Crippen LogP contribution in [0.1, 0.15) is 26.2 Å². The van der Waals surface area contributed by atoms with Crippen LogP contribution in [-0.2, 0) is 4.79 Å². The van der Waals surface area contributed by atoms with Gasteiger partial charge in [-0.2, -0.15) is 0 Å². The van der Waals surface area contributed by atoms with Crippen LogP contribution in [-0.4, -0.2) is 23.1 Å². The molecule has 0 aliphatic carbocycles. The van der Waals surface area contributed by atoms with Gasteiger partial charge in [-0.1, -0.05) is 19.8 Å². The molecule has 0 aliphatic rings. The van der Waals surface area contributed by atoms with E-state index in [9.17, 15) is 14.0 Å². The molecule has 0 heterocycles. The Labute approximate surface area is 124 Å². The van der Waals surface area contributed by atoms with Crippen molar-refractivity contribution in [3.05, 3.63) is 28.5 Å². The first-order valence-corrected chi connectivity index (χ1v) is 6.98. The van der Waals surface area contributed by atoms with E-state index in [0.717, 1.165) is 12.5 Å². The van der Waals surface area contributed by atoms with Gasteiger partial charge in [0.15, 0.2) is 0 Å². The number of nitrogens with one attached hydrogen (secondary N) is 2. The van der Waals surface area contributed by atoms with Gasteiger partial charge in [-0.25, -0.2) is 14.0 Å². The highest BCUT2D eigenvalue weighted by Crippen LogP contribution is 2.22. The van der Waals surface area contributed by atoms with Gasteiger partial charge in [0.25, 0.3) is 0 Å². The molecule has 0 fully saturated rings. The first-order valence-electron chi connectivity index (χ1n) is 6.19. The van der Waals surface area contributed by atoms with Crippen molar-refractivity contribution in [1.29, 1.82) is 0 Å². The first kappa shape index (κ1) is 16.4. The minimum atomic E-state index is -1.09. The van der Waals surface area contributed by atoms with Gasteiger partial charge in [0.1, 0.15) is 11.9 Å². The number of rotatable bonds is 6. The molecule has 2 amide bonds. The predicted molar refractivity (Wildman–Crippen MR) is 77.2 cm³/mol. The average molecular weight is 347 g/mol. The summed E-state index contributed by atoms with van der Waals surface area (Å²) in [6, 6.07) is 2.21. The van der Waals surface area contributed by atoms with E-state index in [1.165, 1.54) is 12.1 Å². The number of anilines is 1. The fraction of sp³-hybridized carbons (Fsp3) is 0.385. The normalized spacial score (nSPS) is 11.8. The SMILES string of the molecule is CCCC[C@H](NC(=O)Nc1cc(F)ccc1Br)C(=O)O. The lowest BCUT2D eigenvalue weighted by molar-refractivity contribution is -0.139. The van der Waals surface area contributed by atoms with Crippen molar-refractivity contribution in [2.75, 3.05) is 5.32 Å². The Balaban J connectivity index is 2.65. The van der Waals surface area contributed by atoms with Crippen molar-refractivity contribution in [2.24, 2.45) is 0 Å². The van der Waals surface area contributed by atoms with Gasteiger partial charge in [-0.05, 0) is 40.5 Å². The lowest BCUT2D eigenvalue weighted by Crippen LogP contribution is -2.43. The molecule has 1 aromatic carbocycles. The van der Waals surface area contributed by atoms with Gasteiger partial charge >= 0.3 is 12.0 Å². The van der Waals surface area contributed by atoms with E-state index < -0.39 is 23.9 Å². The summed E-state index contributed by atoms with van der Waals surface area (Å²) < 4.78 is 13.6. The van der Waals surface area contributed by atoms with Gasteiger partial charge in [0.2, 0.25) is 0 Å². The number of carbonyl (C=O) groups is 2. The fourth-order valence-corrected chi connectivity index (χ4v) is 1.92. The zero-order valence-corrected chi connectivity index (χ0v) is 12.5. The number of carboxylic acids is 1. The van der Waals surface area contributed by atoms with E-state index in [1.807, 2.05) is 6.92 Å². The maximum atomic E-state index is 13.1. The van der Waals surface area contributed by atoms with E-state index in [2.05, 4.69) is 26.6 Å². The number of urea groups is 1. The molecule has 0 unspecified atom stereocenters. The number of carboxylic acid groups (broad SMARTS) is 1. The second-order valence-corrected chi connectivity index (χ2v) is 5.11. The molecule has 1 rings (SSSR count). The van der Waals surface area contributed by atoms with E-state index >= 15 is 0 Å². The Bertz CT molecular complexity index is 497. The number of aliphatic carboxylic acids is 1. The summed E-state index contributed by atoms with van der Waals surface area (Å²) >= 11 is 3.17. The smallest absolute Gasteiger partial charge is 0.326 e. The lowest BCUT2D eigenvalue weighted by Gasteiger charge is -2.15. The van der Waals surface area contributed by atoms with Crippen molar-refractivity contribution in [2.45, 2.75) is 32.2 Å². The van der Waals surface area contributed by atoms with Crippen LogP contribution in [0.25, 0.3) is 0 Å². The van der Waals surface area contributed by atoms with Gasteiger partial charge in [0.05, 0.1) is 5.69 Å². The topological polar surface area (TPSA) is 78.4 Å². The summed E-state index contributed by atoms with van der Waals surface area (Å²) in [5, 5.41) is 13.8. The molecule has 3 N–H and O–H groups in total. The van der Waals surface area contributed by atoms with Crippen LogP contribution in [0.15, 0.2) is 22.7 Å². The van der Waals surface area contributed by atoms with Crippen molar-refractivity contribution < 1.29 is 19.1 Å². The molecule has 5 nitrogen and oxygen atoms in total. The highest BCUT2D eigenvalue weighted by atomic mass is 79.9. The largest absolute Gasteiger partial charge is 0.480 e. The van der Waals surface area contributed by atoms with Gasteiger partial charge in [-0.15, -0.1) is 0 Å². The van der Waals surface area contributed by atoms with Crippen molar-refractivity contribution in [3.63, 3.8) is 0 Å². The zero-order chi connectivity index (χ0) is 15.1. The Morgan fingerprint density at radius 3 is 2.75 bits per heavy atom. The number of carbonyl (C=O) groups excluding carboxylic acids is 1. The van der Waals surface area contributed by atoms with Crippen LogP contribution in [0, 0.1) is 5.82 Å². The maximum absolute atomic E-state index is 13.1. The molecule has 7 heteroatoms. The Morgan fingerprint density at radius 2 is 2.15 bits per heavy atom. The summed E-state index contributed by atoms with van der Waals surface area (Å²) in [6.07, 6.45) is 1.88. The van der Waals surface area contributed by atoms with Crippen LogP contribution < -0.4 is 10.6 Å². The van der Waals surface area contributed by atoms with E-state index in [1.54, 1.807) is 0 Å². The zero-order valence-electron chi connectivity index (χ0n) is 11.0. The summed E-state index contributed by atoms with van der Waals surface area (Å²) in [4.78, 5) is 22.7. The minimum Gasteiger partial charge on any atom is -0.480 e. The van der Waals surface area contributed by atoms with E-state index in [0.29, 0.717) is 17.3 Å². The second kappa shape index (κ2) is 7.84. The lowest BCUT2D eigenvalue weighted by atomic mass is 10.1. The standard InChI is InChI=1S/C13H16BrFN2O3/c1-2-3-4-10(12(18)19)16-13(20)17-11-7-8(15)5-6-9(11)14/h5-7,10H,2-4H2,1H3,(H,18,19)(H2,16,17,20)/t10-/m0/s1. The third-order valence-corrected chi connectivity index (χ3v) is 3.32. The Hall–Kier alpha value is -1.63. The minimum absolute atomic E-state index is 0.238. The summed E-state index contributed by atoms with van der Waals surface area (Å²) in [7, 11) is 0. The maximum Gasteiger partial charge on any atom is 0.326 e. The molecule has 0 aromatic heterocycles. The predicted octanol–water partition coefficient (Wildman–Crippen LogP) is 3.35. The fourth-order valence-electron chi connectivity index (χ4n) is 1.58. The van der Waals surface area contributed by atoms with Crippen molar-refractivity contribution >= 4 is 33.6 Å². The number of hydrogen-bond acceptors (Lipinski definition) is 2. The Kier molecular flexibility index (Phi) is 6.44. The molecule has 110 valence electrons. The van der Waals surface area contributed by atoms with Gasteiger partial charge in [0, 0.05) is 4.47 Å². The average Bonchev–Trinajstić information content (AvgIpc) is 2.38. The molecule has 0 aliphatic heterocycles. The highest BCUT2D eigenvalue weighted by Gasteiger charge is 2.19. The summed E-state index contributed by atoms with van der Waals surface area (Å²) in [6.45, 7) is 1.93. The third kappa shape index (κ3) is 5.16. The van der Waals surface area contributed by atoms with Crippen LogP contribution >= 0.6 is 15.9 Å². The molecule has 0 spiro atoms. The highest BCUT2D eigenvalue weighted by molar-refractivity contribution is 9.10. The molecule has 0 radical (unpaired) electrons. The van der Waals surface area contributed by atoms with Gasteiger partial charge in [-0.3, -0.25) is 0 Å². The number of amides is 2. The van der Waals surface area contributed by atoms with Crippen molar-refractivity contribution in [3.8, 4) is 0 Å². The molecule has 0 bridgehead atoms. The van der Waals surface area contributed by atoms with Crippen LogP contribution in [0.5, 0.6) is 0 Å². The summed E-state index contributed by atoms with van der Waals surface area (Å²) in [5.74, 6) is -1.59. The third-order valence-electron chi connectivity index (χ3n) is 2.63. The summed E-state index contributed by atoms with van der Waals surface area (Å²) in [5.41, 5.74) is 0.238. The molecule has 1 atom stereocenters. The van der Waals surface area contributed by atoms with E-state index in [-0.39, 0.29) is 5.69 Å². The molecule has 20 heavy (non-hydrogen) atoms. The first-order chi connectivity index (χ1) is 9.43. The van der Waals surface area contributed by atoms with Crippen LogP contribution in [0.3, 0.4) is 0 Å². The van der Waals surface area contributed by atoms with Crippen LogP contribution in [0.4, 0.5) is 14.9 Å². The van der Waals surface area contributed by atoms with Crippen molar-refractivity contribution in [1.82, 2.24) is 5.32 Å². The van der Waals surface area contributed by atoms with Crippen LogP contribution in [0.2, 0.25) is 0 Å². The second-order valence-electron chi connectivity index (χ2n) is 4.26. The van der Waals surface area contributed by atoms with Gasteiger partial charge < -0.3 is 15.7 Å². The van der Waals surface area contributed by atoms with E-state index in [4.69, 9.17) is 5.11 Å². The Morgan fingerprint density at radius 1 is 1.45 bits per heavy atom. The number of unbranched alkanes of at least 4 members (excludes halogenated alkanes) is 1.